The molecule has 9 nitrogen and oxygen atoms in total. The van der Waals surface area contributed by atoms with E-state index in [4.69, 9.17) is 50.9 Å². The first-order chi connectivity index (χ1) is 13.2. The van der Waals surface area contributed by atoms with E-state index in [0.717, 1.165) is 0 Å². The number of thiocarbonyl (C=S) groups is 3. The van der Waals surface area contributed by atoms with Crippen LogP contribution < -0.4 is 31.9 Å². The third kappa shape index (κ3) is 15.7. The Morgan fingerprint density at radius 2 is 0.593 bits per heavy atom. The molecule has 0 aliphatic carbocycles. The standard InChI is InChI=1S/C15H30N6O3S3/c25-13-16-1-7-22-8-2-18-14(26)19-5-11-24-12-6-21-15(27)20-4-10-23-9-3-17-13/h1-12H2,(H2,16,17,25)(H2,18,19,26)(H2,20,21,27). The molecule has 0 radical (unpaired) electrons. The van der Waals surface area contributed by atoms with Crippen molar-refractivity contribution in [2.75, 3.05) is 78.9 Å². The molecule has 12 heteroatoms. The molecule has 1 saturated heterocycles. The Bertz CT molecular complexity index is 353. The Kier molecular flexibility index (Phi) is 15.2. The zero-order valence-corrected chi connectivity index (χ0v) is 17.9. The van der Waals surface area contributed by atoms with Gasteiger partial charge in [-0.2, -0.15) is 0 Å². The van der Waals surface area contributed by atoms with Gasteiger partial charge in [0.2, 0.25) is 0 Å². The molecule has 1 aliphatic heterocycles. The molecule has 0 aromatic carbocycles. The van der Waals surface area contributed by atoms with Gasteiger partial charge in [0.05, 0.1) is 39.6 Å². The van der Waals surface area contributed by atoms with Crippen LogP contribution in [0.3, 0.4) is 0 Å². The van der Waals surface area contributed by atoms with Crippen LogP contribution in [-0.2, 0) is 14.2 Å². The number of rotatable bonds is 0. The quantitative estimate of drug-likeness (QED) is 0.247. The summed E-state index contributed by atoms with van der Waals surface area (Å²) in [6.45, 7) is 7.22. The molecule has 27 heavy (non-hydrogen) atoms. The van der Waals surface area contributed by atoms with E-state index in [1.807, 2.05) is 0 Å². The molecule has 6 N–H and O–H groups in total. The van der Waals surface area contributed by atoms with Crippen LogP contribution in [0.5, 0.6) is 0 Å². The highest BCUT2D eigenvalue weighted by Gasteiger charge is 1.99. The van der Waals surface area contributed by atoms with Crippen LogP contribution in [-0.4, -0.2) is 94.2 Å². The van der Waals surface area contributed by atoms with Gasteiger partial charge in [-0.05, 0) is 36.7 Å². The zero-order chi connectivity index (χ0) is 19.6. The van der Waals surface area contributed by atoms with Crippen LogP contribution in [0.1, 0.15) is 0 Å². The van der Waals surface area contributed by atoms with Gasteiger partial charge < -0.3 is 46.1 Å². The Hall–Kier alpha value is -1.05. The molecule has 0 aromatic heterocycles. The first-order valence-corrected chi connectivity index (χ1v) is 10.2. The van der Waals surface area contributed by atoms with Gasteiger partial charge in [0.25, 0.3) is 0 Å². The van der Waals surface area contributed by atoms with E-state index >= 15 is 0 Å². The molecule has 0 saturated carbocycles. The second-order valence-electron chi connectivity index (χ2n) is 5.39. The summed E-state index contributed by atoms with van der Waals surface area (Å²) in [4.78, 5) is 0. The summed E-state index contributed by atoms with van der Waals surface area (Å²) in [5.41, 5.74) is 0. The summed E-state index contributed by atoms with van der Waals surface area (Å²) in [6, 6.07) is 0. The van der Waals surface area contributed by atoms with E-state index in [-0.39, 0.29) is 0 Å². The van der Waals surface area contributed by atoms with E-state index in [0.29, 0.717) is 94.2 Å². The molecule has 1 rings (SSSR count). The molecule has 0 spiro atoms. The maximum atomic E-state index is 5.50. The monoisotopic (exact) mass is 438 g/mol. The summed E-state index contributed by atoms with van der Waals surface area (Å²) in [5, 5.41) is 20.2. The molecule has 1 fully saturated rings. The van der Waals surface area contributed by atoms with Crippen LogP contribution in [0.4, 0.5) is 0 Å². The fourth-order valence-electron chi connectivity index (χ4n) is 1.91. The fraction of sp³-hybridized carbons (Fsp3) is 0.800. The third-order valence-electron chi connectivity index (χ3n) is 3.19. The van der Waals surface area contributed by atoms with E-state index in [9.17, 15) is 0 Å². The average molecular weight is 439 g/mol. The van der Waals surface area contributed by atoms with Crippen LogP contribution in [0.2, 0.25) is 0 Å². The average Bonchev–Trinajstić information content (AvgIpc) is 2.65. The lowest BCUT2D eigenvalue weighted by Gasteiger charge is -2.14. The third-order valence-corrected chi connectivity index (χ3v) is 4.06. The van der Waals surface area contributed by atoms with Gasteiger partial charge in [-0.3, -0.25) is 0 Å². The molecular formula is C15H30N6O3S3. The maximum Gasteiger partial charge on any atom is 0.166 e. The first kappa shape index (κ1) is 24.0. The predicted molar refractivity (Wildman–Crippen MR) is 118 cm³/mol. The second-order valence-corrected chi connectivity index (χ2v) is 6.61. The lowest BCUT2D eigenvalue weighted by Crippen LogP contribution is -2.41. The molecule has 0 amide bonds. The molecule has 1 aliphatic rings. The summed E-state index contributed by atoms with van der Waals surface area (Å²) in [7, 11) is 0. The molecule has 0 aromatic rings. The fourth-order valence-corrected chi connectivity index (χ4v) is 2.53. The topological polar surface area (TPSA) is 99.9 Å². The van der Waals surface area contributed by atoms with Crippen molar-refractivity contribution in [3.8, 4) is 0 Å². The maximum absolute atomic E-state index is 5.50. The van der Waals surface area contributed by atoms with E-state index in [1.54, 1.807) is 0 Å². The number of nitrogens with one attached hydrogen (secondary N) is 6. The number of ether oxygens (including phenoxy) is 3. The Labute approximate surface area is 177 Å². The van der Waals surface area contributed by atoms with Crippen molar-refractivity contribution in [1.82, 2.24) is 31.9 Å². The Balaban J connectivity index is 2.22. The van der Waals surface area contributed by atoms with Gasteiger partial charge in [-0.1, -0.05) is 0 Å². The van der Waals surface area contributed by atoms with Crippen LogP contribution in [0, 0.1) is 0 Å². The van der Waals surface area contributed by atoms with Crippen molar-refractivity contribution < 1.29 is 14.2 Å². The Morgan fingerprint density at radius 3 is 0.778 bits per heavy atom. The normalized spacial score (nSPS) is 21.1. The Morgan fingerprint density at radius 1 is 0.407 bits per heavy atom. The number of hydrogen-bond acceptors (Lipinski definition) is 6. The lowest BCUT2D eigenvalue weighted by molar-refractivity contribution is 0.139. The predicted octanol–water partition coefficient (Wildman–Crippen LogP) is -1.56. The molecular weight excluding hydrogens is 408 g/mol. The molecule has 0 atom stereocenters. The minimum atomic E-state index is 0.563. The summed E-state index contributed by atoms with van der Waals surface area (Å²) in [5.74, 6) is 0. The van der Waals surface area contributed by atoms with Gasteiger partial charge in [-0.25, -0.2) is 0 Å². The van der Waals surface area contributed by atoms with E-state index < -0.39 is 0 Å². The van der Waals surface area contributed by atoms with Crippen molar-refractivity contribution in [2.45, 2.75) is 0 Å². The minimum absolute atomic E-state index is 0.563. The summed E-state index contributed by atoms with van der Waals surface area (Å²) >= 11 is 15.5. The zero-order valence-electron chi connectivity index (χ0n) is 15.4. The van der Waals surface area contributed by atoms with Gasteiger partial charge in [-0.15, -0.1) is 0 Å². The summed E-state index contributed by atoms with van der Waals surface area (Å²) in [6.07, 6.45) is 0. The van der Waals surface area contributed by atoms with Crippen molar-refractivity contribution in [2.24, 2.45) is 0 Å². The van der Waals surface area contributed by atoms with Crippen LogP contribution in [0.25, 0.3) is 0 Å². The van der Waals surface area contributed by atoms with Crippen LogP contribution in [0.15, 0.2) is 0 Å². The molecule has 0 bridgehead atoms. The van der Waals surface area contributed by atoms with Crippen molar-refractivity contribution in [3.63, 3.8) is 0 Å². The van der Waals surface area contributed by atoms with E-state index in [2.05, 4.69) is 31.9 Å². The second kappa shape index (κ2) is 17.1. The van der Waals surface area contributed by atoms with Crippen molar-refractivity contribution >= 4 is 52.0 Å². The summed E-state index contributed by atoms with van der Waals surface area (Å²) < 4.78 is 16.5. The van der Waals surface area contributed by atoms with Crippen LogP contribution >= 0.6 is 36.7 Å². The molecule has 0 unspecified atom stereocenters. The molecule has 156 valence electrons. The minimum Gasteiger partial charge on any atom is -0.378 e. The molecule has 1 heterocycles. The lowest BCUT2D eigenvalue weighted by atomic mass is 10.6. The largest absolute Gasteiger partial charge is 0.378 e. The van der Waals surface area contributed by atoms with Gasteiger partial charge in [0.15, 0.2) is 15.3 Å². The van der Waals surface area contributed by atoms with Gasteiger partial charge >= 0.3 is 0 Å². The highest BCUT2D eigenvalue weighted by Crippen LogP contribution is 1.79. The van der Waals surface area contributed by atoms with Crippen molar-refractivity contribution in [1.29, 1.82) is 0 Å². The number of hydrogen-bond donors (Lipinski definition) is 6. The van der Waals surface area contributed by atoms with Gasteiger partial charge in [0, 0.05) is 39.3 Å². The van der Waals surface area contributed by atoms with E-state index in [1.165, 1.54) is 0 Å². The highest BCUT2D eigenvalue weighted by molar-refractivity contribution is 7.80. The van der Waals surface area contributed by atoms with Crippen molar-refractivity contribution in [3.05, 3.63) is 0 Å². The van der Waals surface area contributed by atoms with Gasteiger partial charge in [0.1, 0.15) is 0 Å². The smallest absolute Gasteiger partial charge is 0.166 e. The SMILES string of the molecule is S=C1NCCOCCNC(=S)NCCOCCNC(=S)NCCOCCN1. The first-order valence-electron chi connectivity index (χ1n) is 8.97. The highest BCUT2D eigenvalue weighted by atomic mass is 32.1.